The van der Waals surface area contributed by atoms with Crippen molar-refractivity contribution in [2.24, 2.45) is 0 Å². The molecule has 2 aromatic carbocycles. The highest BCUT2D eigenvalue weighted by Gasteiger charge is 2.39. The summed E-state index contributed by atoms with van der Waals surface area (Å²) in [4.78, 5) is 37.4. The van der Waals surface area contributed by atoms with Crippen molar-refractivity contribution in [2.75, 3.05) is 20.8 Å². The lowest BCUT2D eigenvalue weighted by atomic mass is 10.1. The molecule has 0 aromatic heterocycles. The van der Waals surface area contributed by atoms with E-state index in [1.54, 1.807) is 56.7 Å². The van der Waals surface area contributed by atoms with Crippen LogP contribution in [0.25, 0.3) is 0 Å². The third-order valence-electron chi connectivity index (χ3n) is 4.81. The van der Waals surface area contributed by atoms with E-state index >= 15 is 0 Å². The molecule has 1 fully saturated rings. The van der Waals surface area contributed by atoms with Crippen LogP contribution >= 0.6 is 11.8 Å². The summed E-state index contributed by atoms with van der Waals surface area (Å²) in [5.74, 6) is 0.0239. The highest BCUT2D eigenvalue weighted by atomic mass is 32.2. The van der Waals surface area contributed by atoms with Gasteiger partial charge >= 0.3 is 5.97 Å². The molecule has 3 rings (SSSR count). The largest absolute Gasteiger partial charge is 0.493 e. The van der Waals surface area contributed by atoms with Crippen molar-refractivity contribution in [1.82, 2.24) is 5.32 Å². The summed E-state index contributed by atoms with van der Waals surface area (Å²) in [5, 5.41) is 2.29. The molecule has 8 nitrogen and oxygen atoms in total. The normalized spacial score (nSPS) is 20.3. The van der Waals surface area contributed by atoms with Crippen LogP contribution in [0.4, 0.5) is 0 Å². The third kappa shape index (κ3) is 6.02. The quantitative estimate of drug-likeness (QED) is 0.602. The van der Waals surface area contributed by atoms with Crippen LogP contribution in [-0.4, -0.2) is 56.1 Å². The van der Waals surface area contributed by atoms with Crippen LogP contribution in [0.1, 0.15) is 23.7 Å². The van der Waals surface area contributed by atoms with E-state index in [2.05, 4.69) is 5.32 Å². The van der Waals surface area contributed by atoms with Gasteiger partial charge < -0.3 is 24.3 Å². The number of carbonyl (C=O) groups excluding carboxylic acids is 3. The molecule has 0 saturated carbocycles. The average Bonchev–Trinajstić information content (AvgIpc) is 2.80. The molecule has 9 heteroatoms. The van der Waals surface area contributed by atoms with E-state index in [1.165, 1.54) is 18.7 Å². The van der Waals surface area contributed by atoms with Crippen LogP contribution in [0.15, 0.2) is 53.4 Å². The van der Waals surface area contributed by atoms with Crippen molar-refractivity contribution in [2.45, 2.75) is 35.8 Å². The zero-order chi connectivity index (χ0) is 23.1. The Morgan fingerprint density at radius 2 is 1.81 bits per heavy atom. The van der Waals surface area contributed by atoms with E-state index in [-0.39, 0.29) is 24.1 Å². The zero-order valence-electron chi connectivity index (χ0n) is 18.0. The molecule has 1 aliphatic rings. The third-order valence-corrected chi connectivity index (χ3v) is 6.11. The minimum atomic E-state index is -1.12. The first-order valence-electron chi connectivity index (χ1n) is 9.97. The average molecular weight is 460 g/mol. The van der Waals surface area contributed by atoms with E-state index < -0.39 is 24.2 Å². The lowest BCUT2D eigenvalue weighted by Gasteiger charge is -2.35. The molecule has 32 heavy (non-hydrogen) atoms. The van der Waals surface area contributed by atoms with Gasteiger partial charge in [-0.15, -0.1) is 11.8 Å². The van der Waals surface area contributed by atoms with E-state index in [4.69, 9.17) is 18.9 Å². The Morgan fingerprint density at radius 3 is 2.47 bits per heavy atom. The maximum absolute atomic E-state index is 12.8. The van der Waals surface area contributed by atoms with Crippen molar-refractivity contribution in [3.05, 3.63) is 54.1 Å². The van der Waals surface area contributed by atoms with Gasteiger partial charge in [-0.2, -0.15) is 0 Å². The van der Waals surface area contributed by atoms with Gasteiger partial charge in [-0.3, -0.25) is 14.4 Å². The first-order chi connectivity index (χ1) is 15.4. The number of esters is 1. The molecule has 3 atom stereocenters. The van der Waals surface area contributed by atoms with E-state index in [0.717, 1.165) is 4.90 Å². The minimum Gasteiger partial charge on any atom is -0.493 e. The summed E-state index contributed by atoms with van der Waals surface area (Å²) >= 11 is 1.41. The minimum absolute atomic E-state index is 0.0364. The summed E-state index contributed by atoms with van der Waals surface area (Å²) in [7, 11) is 3.10. The van der Waals surface area contributed by atoms with Crippen LogP contribution in [-0.2, 0) is 19.1 Å². The van der Waals surface area contributed by atoms with Gasteiger partial charge in [-0.25, -0.2) is 0 Å². The van der Waals surface area contributed by atoms with Gasteiger partial charge in [0.25, 0.3) is 5.91 Å². The summed E-state index contributed by atoms with van der Waals surface area (Å²) in [6, 6.07) is 14.0. The summed E-state index contributed by atoms with van der Waals surface area (Å²) in [6.45, 7) is 1.27. The highest BCUT2D eigenvalue weighted by Crippen LogP contribution is 2.37. The zero-order valence-corrected chi connectivity index (χ0v) is 18.8. The maximum Gasteiger partial charge on any atom is 0.302 e. The Labute approximate surface area is 190 Å². The Kier molecular flexibility index (Phi) is 8.13. The molecule has 170 valence electrons. The lowest BCUT2D eigenvalue weighted by Crippen LogP contribution is -2.53. The van der Waals surface area contributed by atoms with Crippen LogP contribution in [0, 0.1) is 0 Å². The summed E-state index contributed by atoms with van der Waals surface area (Å²) in [5.41, 5.74) is 0.419. The summed E-state index contributed by atoms with van der Waals surface area (Å²) in [6.07, 6.45) is -1.59. The molecule has 0 radical (unpaired) electrons. The number of thioether (sulfide) groups is 1. The number of ketones is 1. The van der Waals surface area contributed by atoms with Gasteiger partial charge in [-0.1, -0.05) is 18.2 Å². The van der Waals surface area contributed by atoms with E-state index in [9.17, 15) is 14.4 Å². The van der Waals surface area contributed by atoms with Gasteiger partial charge in [0, 0.05) is 29.1 Å². The molecule has 0 aliphatic carbocycles. The number of rotatable bonds is 8. The second-order valence-corrected chi connectivity index (χ2v) is 8.35. The lowest BCUT2D eigenvalue weighted by molar-refractivity contribution is -0.156. The topological polar surface area (TPSA) is 100 Å². The van der Waals surface area contributed by atoms with Crippen molar-refractivity contribution in [1.29, 1.82) is 0 Å². The Balaban J connectivity index is 1.74. The molecular weight excluding hydrogens is 434 g/mol. The fourth-order valence-corrected chi connectivity index (χ4v) is 4.42. The number of benzene rings is 2. The van der Waals surface area contributed by atoms with Crippen LogP contribution < -0.4 is 14.8 Å². The molecule has 0 bridgehead atoms. The van der Waals surface area contributed by atoms with Gasteiger partial charge in [0.2, 0.25) is 0 Å². The predicted octanol–water partition coefficient (Wildman–Crippen LogP) is 2.84. The Morgan fingerprint density at radius 1 is 1.09 bits per heavy atom. The number of hydrogen-bond acceptors (Lipinski definition) is 8. The van der Waals surface area contributed by atoms with Gasteiger partial charge in [0.15, 0.2) is 23.5 Å². The maximum atomic E-state index is 12.8. The first kappa shape index (κ1) is 23.6. The smallest absolute Gasteiger partial charge is 0.302 e. The fourth-order valence-electron chi connectivity index (χ4n) is 3.21. The van der Waals surface area contributed by atoms with Crippen LogP contribution in [0.3, 0.4) is 0 Å². The highest BCUT2D eigenvalue weighted by molar-refractivity contribution is 8.00. The Bertz CT molecular complexity index is 966. The standard InChI is InChI=1S/C23H25NO7S/c1-14(25)30-13-20-21(32-16-9-10-18(28-2)19(11-16)29-3)12-17(26)23(31-20)24-22(27)15-7-5-4-6-8-15/h4-11,20-21,23H,12-13H2,1-3H3,(H,24,27)/t20-,21?,23-/m1/s1. The molecule has 1 aliphatic heterocycles. The second-order valence-electron chi connectivity index (χ2n) is 7.04. The molecule has 0 spiro atoms. The number of nitrogens with one attached hydrogen (secondary N) is 1. The molecular formula is C23H25NO7S. The van der Waals surface area contributed by atoms with Gasteiger partial charge in [-0.05, 0) is 30.3 Å². The second kappa shape index (κ2) is 11.0. The number of amides is 1. The van der Waals surface area contributed by atoms with Crippen LogP contribution in [0.2, 0.25) is 0 Å². The van der Waals surface area contributed by atoms with Crippen molar-refractivity contribution < 1.29 is 33.3 Å². The Hall–Kier alpha value is -3.04. The number of Topliss-reactive ketones (excluding diaryl/α,β-unsaturated/α-hetero) is 1. The van der Waals surface area contributed by atoms with E-state index in [1.807, 2.05) is 6.07 Å². The molecule has 1 heterocycles. The van der Waals surface area contributed by atoms with Gasteiger partial charge in [0.05, 0.1) is 14.2 Å². The van der Waals surface area contributed by atoms with Crippen LogP contribution in [0.5, 0.6) is 11.5 Å². The molecule has 1 amide bonds. The molecule has 1 N–H and O–H groups in total. The van der Waals surface area contributed by atoms with Gasteiger partial charge in [0.1, 0.15) is 12.7 Å². The molecule has 1 unspecified atom stereocenters. The molecule has 1 saturated heterocycles. The SMILES string of the molecule is COc1ccc(SC2CC(=O)[C@H](NC(=O)c3ccccc3)O[C@@H]2COC(C)=O)cc1OC. The van der Waals surface area contributed by atoms with Crippen molar-refractivity contribution in [3.63, 3.8) is 0 Å². The van der Waals surface area contributed by atoms with Crippen molar-refractivity contribution >= 4 is 29.4 Å². The number of carbonyl (C=O) groups is 3. The monoisotopic (exact) mass is 459 g/mol. The predicted molar refractivity (Wildman–Crippen MR) is 118 cm³/mol. The van der Waals surface area contributed by atoms with E-state index in [0.29, 0.717) is 17.1 Å². The first-order valence-corrected chi connectivity index (χ1v) is 10.9. The molecule has 2 aromatic rings. The summed E-state index contributed by atoms with van der Waals surface area (Å²) < 4.78 is 21.7. The fraction of sp³-hybridized carbons (Fsp3) is 0.348. The number of ether oxygens (including phenoxy) is 4. The van der Waals surface area contributed by atoms with Crippen molar-refractivity contribution in [3.8, 4) is 11.5 Å². The number of methoxy groups -OCH3 is 2. The number of hydrogen-bond donors (Lipinski definition) is 1.